The number of phenols is 1. The highest BCUT2D eigenvalue weighted by atomic mass is 16.5. The topological polar surface area (TPSA) is 82.0 Å². The summed E-state index contributed by atoms with van der Waals surface area (Å²) in [5.74, 6) is 0.472. The first-order valence-electron chi connectivity index (χ1n) is 11.5. The number of anilines is 1. The first-order chi connectivity index (χ1) is 15.3. The predicted molar refractivity (Wildman–Crippen MR) is 125 cm³/mol. The summed E-state index contributed by atoms with van der Waals surface area (Å²) >= 11 is 0. The molecular formula is C26H34N2O4. The van der Waals surface area contributed by atoms with Gasteiger partial charge in [-0.3, -0.25) is 9.69 Å². The number of methoxy groups -OCH3 is 1. The Balaban J connectivity index is 1.61. The quantitative estimate of drug-likeness (QED) is 0.648. The fourth-order valence-corrected chi connectivity index (χ4v) is 5.57. The van der Waals surface area contributed by atoms with Gasteiger partial charge in [-0.15, -0.1) is 0 Å². The van der Waals surface area contributed by atoms with Gasteiger partial charge in [0, 0.05) is 24.2 Å². The lowest BCUT2D eigenvalue weighted by molar-refractivity contribution is -0.135. The Morgan fingerprint density at radius 3 is 2.75 bits per heavy atom. The van der Waals surface area contributed by atoms with Gasteiger partial charge in [0.2, 0.25) is 5.91 Å². The number of aromatic hydroxyl groups is 1. The zero-order chi connectivity index (χ0) is 22.9. The van der Waals surface area contributed by atoms with E-state index in [0.717, 1.165) is 48.1 Å². The lowest BCUT2D eigenvalue weighted by atomic mass is 9.66. The monoisotopic (exact) mass is 438 g/mol. The predicted octanol–water partition coefficient (Wildman–Crippen LogP) is 4.32. The van der Waals surface area contributed by atoms with E-state index in [4.69, 9.17) is 4.74 Å². The Hall–Kier alpha value is -2.57. The standard InChI is InChI=1S/C26H34N2O4/c1-17-7-9-21(18(2)14-17)27-24(30)16-28-13-12-26(31)11-5-4-6-20(26)25(28)19-8-10-22(29)23(15-19)32-3/h7-10,14-15,20,25,29,31H,4-6,11-13,16H2,1-3H3,(H,27,30)/t20-,25-,26+/m1/s1. The third-order valence-corrected chi connectivity index (χ3v) is 7.22. The van der Waals surface area contributed by atoms with Crippen LogP contribution in [0.2, 0.25) is 0 Å². The van der Waals surface area contributed by atoms with Crippen molar-refractivity contribution in [3.8, 4) is 11.5 Å². The first-order valence-corrected chi connectivity index (χ1v) is 11.5. The molecule has 0 aromatic heterocycles. The number of benzene rings is 2. The highest BCUT2D eigenvalue weighted by molar-refractivity contribution is 5.93. The summed E-state index contributed by atoms with van der Waals surface area (Å²) in [6, 6.07) is 11.3. The second-order valence-electron chi connectivity index (χ2n) is 9.42. The number of amides is 1. The Labute approximate surface area is 190 Å². The van der Waals surface area contributed by atoms with Gasteiger partial charge in [0.25, 0.3) is 0 Å². The van der Waals surface area contributed by atoms with Crippen LogP contribution in [0.1, 0.15) is 54.8 Å². The van der Waals surface area contributed by atoms with Crippen LogP contribution >= 0.6 is 0 Å². The van der Waals surface area contributed by atoms with Gasteiger partial charge in [0.05, 0.1) is 19.3 Å². The second kappa shape index (κ2) is 9.12. The number of aliphatic hydroxyl groups is 1. The fourth-order valence-electron chi connectivity index (χ4n) is 5.57. The van der Waals surface area contributed by atoms with Gasteiger partial charge in [-0.25, -0.2) is 0 Å². The second-order valence-corrected chi connectivity index (χ2v) is 9.42. The summed E-state index contributed by atoms with van der Waals surface area (Å²) in [6.07, 6.45) is 4.48. The number of rotatable bonds is 5. The van der Waals surface area contributed by atoms with Crippen molar-refractivity contribution in [3.05, 3.63) is 53.1 Å². The van der Waals surface area contributed by atoms with Gasteiger partial charge in [0.15, 0.2) is 11.5 Å². The smallest absolute Gasteiger partial charge is 0.238 e. The molecule has 2 aliphatic rings. The highest BCUT2D eigenvalue weighted by Crippen LogP contribution is 2.50. The maximum atomic E-state index is 13.0. The van der Waals surface area contributed by atoms with Gasteiger partial charge in [-0.05, 0) is 62.4 Å². The molecule has 1 saturated heterocycles. The van der Waals surface area contributed by atoms with Gasteiger partial charge in [-0.1, -0.05) is 36.6 Å². The van der Waals surface area contributed by atoms with Gasteiger partial charge in [0.1, 0.15) is 0 Å². The summed E-state index contributed by atoms with van der Waals surface area (Å²) in [5, 5.41) is 24.6. The molecule has 2 fully saturated rings. The third kappa shape index (κ3) is 4.48. The van der Waals surface area contributed by atoms with Gasteiger partial charge >= 0.3 is 0 Å². The summed E-state index contributed by atoms with van der Waals surface area (Å²) in [4.78, 5) is 15.2. The van der Waals surface area contributed by atoms with Crippen molar-refractivity contribution in [2.24, 2.45) is 5.92 Å². The number of fused-ring (bicyclic) bond motifs is 1. The number of ether oxygens (including phenoxy) is 1. The summed E-state index contributed by atoms with van der Waals surface area (Å²) in [5.41, 5.74) is 3.28. The molecule has 0 bridgehead atoms. The molecule has 3 N–H and O–H groups in total. The van der Waals surface area contributed by atoms with Crippen molar-refractivity contribution in [2.75, 3.05) is 25.5 Å². The number of nitrogens with zero attached hydrogens (tertiary/aromatic N) is 1. The van der Waals surface area contributed by atoms with E-state index >= 15 is 0 Å². The molecule has 3 atom stereocenters. The molecule has 32 heavy (non-hydrogen) atoms. The zero-order valence-corrected chi connectivity index (χ0v) is 19.2. The van der Waals surface area contributed by atoms with Crippen molar-refractivity contribution in [3.63, 3.8) is 0 Å². The normalized spacial score (nSPS) is 25.8. The highest BCUT2D eigenvalue weighted by Gasteiger charge is 2.49. The molecule has 0 radical (unpaired) electrons. The van der Waals surface area contributed by atoms with Crippen LogP contribution in [-0.4, -0.2) is 46.8 Å². The van der Waals surface area contributed by atoms with Crippen LogP contribution in [0, 0.1) is 19.8 Å². The van der Waals surface area contributed by atoms with Gasteiger partial charge < -0.3 is 20.3 Å². The summed E-state index contributed by atoms with van der Waals surface area (Å²) in [7, 11) is 1.53. The Morgan fingerprint density at radius 2 is 2.00 bits per heavy atom. The number of aryl methyl sites for hydroxylation is 2. The maximum absolute atomic E-state index is 13.0. The largest absolute Gasteiger partial charge is 0.504 e. The number of phenolic OH excluding ortho intramolecular Hbond substituents is 1. The molecule has 6 heteroatoms. The third-order valence-electron chi connectivity index (χ3n) is 7.22. The molecule has 172 valence electrons. The Bertz CT molecular complexity index is 992. The van der Waals surface area contributed by atoms with E-state index in [1.807, 2.05) is 38.1 Å². The van der Waals surface area contributed by atoms with E-state index in [-0.39, 0.29) is 30.2 Å². The minimum absolute atomic E-state index is 0.0353. The molecular weight excluding hydrogens is 404 g/mol. The van der Waals surface area contributed by atoms with Crippen LogP contribution < -0.4 is 10.1 Å². The van der Waals surface area contributed by atoms with Crippen molar-refractivity contribution < 1.29 is 19.7 Å². The Morgan fingerprint density at radius 1 is 1.19 bits per heavy atom. The lowest BCUT2D eigenvalue weighted by Crippen LogP contribution is -2.56. The van der Waals surface area contributed by atoms with Crippen molar-refractivity contribution in [1.29, 1.82) is 0 Å². The molecule has 1 saturated carbocycles. The number of likely N-dealkylation sites (tertiary alicyclic amines) is 1. The van der Waals surface area contributed by atoms with E-state index in [1.165, 1.54) is 7.11 Å². The van der Waals surface area contributed by atoms with E-state index in [1.54, 1.807) is 6.07 Å². The zero-order valence-electron chi connectivity index (χ0n) is 19.2. The molecule has 1 aliphatic carbocycles. The molecule has 1 heterocycles. The Kier molecular flexibility index (Phi) is 6.45. The van der Waals surface area contributed by atoms with Crippen LogP contribution in [0.3, 0.4) is 0 Å². The number of hydrogen-bond acceptors (Lipinski definition) is 5. The van der Waals surface area contributed by atoms with Gasteiger partial charge in [-0.2, -0.15) is 0 Å². The summed E-state index contributed by atoms with van der Waals surface area (Å²) in [6.45, 7) is 4.92. The number of carbonyl (C=O) groups is 1. The molecule has 1 amide bonds. The lowest BCUT2D eigenvalue weighted by Gasteiger charge is -2.52. The minimum atomic E-state index is -0.714. The number of carbonyl (C=O) groups excluding carboxylic acids is 1. The van der Waals surface area contributed by atoms with E-state index in [0.29, 0.717) is 18.7 Å². The maximum Gasteiger partial charge on any atom is 0.238 e. The minimum Gasteiger partial charge on any atom is -0.504 e. The van der Waals surface area contributed by atoms with E-state index in [2.05, 4.69) is 16.3 Å². The molecule has 2 aromatic rings. The first kappa shape index (κ1) is 22.6. The van der Waals surface area contributed by atoms with Crippen LogP contribution in [0.15, 0.2) is 36.4 Å². The molecule has 4 rings (SSSR count). The van der Waals surface area contributed by atoms with E-state index in [9.17, 15) is 15.0 Å². The fraction of sp³-hybridized carbons (Fsp3) is 0.500. The number of hydrogen-bond donors (Lipinski definition) is 3. The molecule has 6 nitrogen and oxygen atoms in total. The van der Waals surface area contributed by atoms with Crippen LogP contribution in [0.25, 0.3) is 0 Å². The molecule has 0 spiro atoms. The van der Waals surface area contributed by atoms with Crippen LogP contribution in [0.5, 0.6) is 11.5 Å². The number of nitrogens with one attached hydrogen (secondary N) is 1. The van der Waals surface area contributed by atoms with Crippen molar-refractivity contribution in [2.45, 2.75) is 57.6 Å². The van der Waals surface area contributed by atoms with Crippen molar-refractivity contribution >= 4 is 11.6 Å². The molecule has 0 unspecified atom stereocenters. The van der Waals surface area contributed by atoms with Crippen LogP contribution in [0.4, 0.5) is 5.69 Å². The van der Waals surface area contributed by atoms with Crippen LogP contribution in [-0.2, 0) is 4.79 Å². The van der Waals surface area contributed by atoms with E-state index < -0.39 is 5.60 Å². The average Bonchev–Trinajstić information content (AvgIpc) is 2.76. The molecule has 2 aromatic carbocycles. The SMILES string of the molecule is COc1cc([C@@H]2[C@H]3CCCC[C@]3(O)CCN2CC(=O)Nc2ccc(C)cc2C)ccc1O. The number of piperidine rings is 1. The van der Waals surface area contributed by atoms with Crippen molar-refractivity contribution in [1.82, 2.24) is 4.90 Å². The average molecular weight is 439 g/mol. The summed E-state index contributed by atoms with van der Waals surface area (Å²) < 4.78 is 5.35. The molecule has 1 aliphatic heterocycles.